The SMILES string of the molecule is CC(C)(C)CC(C)(C)c1ccc(O)c(CN=Nc2ccccc2N)c1. The van der Waals surface area contributed by atoms with Crippen molar-refractivity contribution in [2.75, 3.05) is 5.73 Å². The van der Waals surface area contributed by atoms with Crippen LogP contribution in [-0.2, 0) is 12.0 Å². The topological polar surface area (TPSA) is 71.0 Å². The molecule has 25 heavy (non-hydrogen) atoms. The molecule has 0 aromatic heterocycles. The van der Waals surface area contributed by atoms with Crippen molar-refractivity contribution in [3.05, 3.63) is 53.6 Å². The van der Waals surface area contributed by atoms with Crippen LogP contribution >= 0.6 is 0 Å². The molecule has 0 radical (unpaired) electrons. The largest absolute Gasteiger partial charge is 0.508 e. The Balaban J connectivity index is 2.20. The molecule has 0 unspecified atom stereocenters. The van der Waals surface area contributed by atoms with Crippen molar-refractivity contribution in [1.29, 1.82) is 0 Å². The molecule has 0 amide bonds. The van der Waals surface area contributed by atoms with Gasteiger partial charge in [-0.25, -0.2) is 0 Å². The first-order valence-electron chi connectivity index (χ1n) is 8.63. The molecule has 0 saturated heterocycles. The zero-order valence-corrected chi connectivity index (χ0v) is 15.9. The Kier molecular flexibility index (Phi) is 5.51. The summed E-state index contributed by atoms with van der Waals surface area (Å²) in [6.45, 7) is 11.5. The number of rotatable bonds is 5. The van der Waals surface area contributed by atoms with Crippen molar-refractivity contribution in [3.8, 4) is 5.75 Å². The first-order valence-corrected chi connectivity index (χ1v) is 8.63. The molecule has 2 aromatic carbocycles. The number of benzene rings is 2. The molecule has 0 atom stereocenters. The lowest BCUT2D eigenvalue weighted by Gasteiger charge is -2.33. The number of nitrogens with two attached hydrogens (primary N) is 1. The summed E-state index contributed by atoms with van der Waals surface area (Å²) in [5.41, 5.74) is 9.32. The van der Waals surface area contributed by atoms with E-state index in [-0.39, 0.29) is 16.6 Å². The summed E-state index contributed by atoms with van der Waals surface area (Å²) in [4.78, 5) is 0. The first kappa shape index (κ1) is 19.0. The van der Waals surface area contributed by atoms with Crippen molar-refractivity contribution in [2.45, 2.75) is 53.0 Å². The molecule has 2 aromatic rings. The van der Waals surface area contributed by atoms with Gasteiger partial charge >= 0.3 is 0 Å². The Morgan fingerprint density at radius 3 is 2.32 bits per heavy atom. The zero-order chi connectivity index (χ0) is 18.7. The summed E-state index contributed by atoms with van der Waals surface area (Å²) in [5.74, 6) is 0.246. The average Bonchev–Trinajstić information content (AvgIpc) is 2.48. The van der Waals surface area contributed by atoms with Crippen molar-refractivity contribution in [2.24, 2.45) is 15.6 Å². The highest BCUT2D eigenvalue weighted by molar-refractivity contribution is 5.61. The van der Waals surface area contributed by atoms with Crippen LogP contribution in [0.2, 0.25) is 0 Å². The van der Waals surface area contributed by atoms with Crippen LogP contribution in [0.5, 0.6) is 5.75 Å². The van der Waals surface area contributed by atoms with E-state index in [1.54, 1.807) is 12.1 Å². The molecule has 0 spiro atoms. The van der Waals surface area contributed by atoms with Crippen molar-refractivity contribution >= 4 is 11.4 Å². The molecule has 0 aliphatic carbocycles. The van der Waals surface area contributed by atoms with E-state index < -0.39 is 0 Å². The summed E-state index contributed by atoms with van der Waals surface area (Å²) in [5, 5.41) is 18.6. The van der Waals surface area contributed by atoms with Gasteiger partial charge in [0.2, 0.25) is 0 Å². The van der Waals surface area contributed by atoms with E-state index in [0.29, 0.717) is 17.9 Å². The van der Waals surface area contributed by atoms with Gasteiger partial charge in [-0.2, -0.15) is 10.2 Å². The molecule has 2 rings (SSSR count). The lowest BCUT2D eigenvalue weighted by atomic mass is 9.72. The van der Waals surface area contributed by atoms with Gasteiger partial charge in [-0.15, -0.1) is 0 Å². The highest BCUT2D eigenvalue weighted by atomic mass is 16.3. The Labute approximate surface area is 150 Å². The number of azo groups is 1. The third-order valence-electron chi connectivity index (χ3n) is 4.19. The highest BCUT2D eigenvalue weighted by Gasteiger charge is 2.27. The van der Waals surface area contributed by atoms with E-state index in [9.17, 15) is 5.11 Å². The maximum Gasteiger partial charge on any atom is 0.120 e. The molecule has 0 aliphatic rings. The van der Waals surface area contributed by atoms with Crippen molar-refractivity contribution in [1.82, 2.24) is 0 Å². The van der Waals surface area contributed by atoms with Crippen molar-refractivity contribution < 1.29 is 5.11 Å². The van der Waals surface area contributed by atoms with Gasteiger partial charge in [0.25, 0.3) is 0 Å². The van der Waals surface area contributed by atoms with Gasteiger partial charge in [-0.05, 0) is 47.1 Å². The standard InChI is InChI=1S/C21H29N3O/c1-20(2,3)14-21(4,5)16-10-11-19(25)15(12-16)13-23-24-18-9-7-6-8-17(18)22/h6-12,25H,13-14,22H2,1-5H3. The minimum Gasteiger partial charge on any atom is -0.508 e. The molecule has 3 N–H and O–H groups in total. The lowest BCUT2D eigenvalue weighted by Crippen LogP contribution is -2.24. The van der Waals surface area contributed by atoms with Crippen LogP contribution in [0.15, 0.2) is 52.7 Å². The predicted octanol–water partition coefficient (Wildman–Crippen LogP) is 5.97. The number of para-hydroxylation sites is 1. The summed E-state index contributed by atoms with van der Waals surface area (Å²) >= 11 is 0. The van der Waals surface area contributed by atoms with Gasteiger partial charge in [-0.1, -0.05) is 52.8 Å². The summed E-state index contributed by atoms with van der Waals surface area (Å²) in [7, 11) is 0. The Hall–Kier alpha value is -2.36. The van der Waals surface area contributed by atoms with Crippen LogP contribution < -0.4 is 5.73 Å². The van der Waals surface area contributed by atoms with Gasteiger partial charge in [0.1, 0.15) is 11.4 Å². The summed E-state index contributed by atoms with van der Waals surface area (Å²) in [6.07, 6.45) is 1.05. The minimum atomic E-state index is 0.0156. The van der Waals surface area contributed by atoms with Gasteiger partial charge in [-0.3, -0.25) is 0 Å². The molecule has 4 nitrogen and oxygen atoms in total. The predicted molar refractivity (Wildman–Crippen MR) is 104 cm³/mol. The lowest BCUT2D eigenvalue weighted by molar-refractivity contribution is 0.284. The van der Waals surface area contributed by atoms with E-state index in [1.807, 2.05) is 30.3 Å². The molecule has 134 valence electrons. The second-order valence-electron chi connectivity index (χ2n) is 8.42. The molecule has 0 saturated carbocycles. The highest BCUT2D eigenvalue weighted by Crippen LogP contribution is 2.37. The van der Waals surface area contributed by atoms with Gasteiger partial charge in [0, 0.05) is 5.56 Å². The Bertz CT molecular complexity index is 758. The first-order chi connectivity index (χ1) is 11.6. The number of aromatic hydroxyl groups is 1. The molecular weight excluding hydrogens is 310 g/mol. The smallest absolute Gasteiger partial charge is 0.120 e. The maximum atomic E-state index is 10.2. The number of phenolic OH excluding ortho intramolecular Hbond substituents is 1. The fourth-order valence-corrected chi connectivity index (χ4v) is 3.33. The van der Waals surface area contributed by atoms with E-state index in [1.165, 1.54) is 5.56 Å². The second-order valence-corrected chi connectivity index (χ2v) is 8.42. The molecule has 0 aliphatic heterocycles. The zero-order valence-electron chi connectivity index (χ0n) is 15.9. The molecule has 0 bridgehead atoms. The van der Waals surface area contributed by atoms with E-state index in [2.05, 4.69) is 44.8 Å². The number of hydrogen-bond acceptors (Lipinski definition) is 4. The van der Waals surface area contributed by atoms with Crippen LogP contribution in [0, 0.1) is 5.41 Å². The fraction of sp³-hybridized carbons (Fsp3) is 0.429. The monoisotopic (exact) mass is 339 g/mol. The van der Waals surface area contributed by atoms with Crippen LogP contribution in [0.25, 0.3) is 0 Å². The van der Waals surface area contributed by atoms with E-state index in [0.717, 1.165) is 12.0 Å². The van der Waals surface area contributed by atoms with Crippen LogP contribution in [0.1, 0.15) is 52.2 Å². The van der Waals surface area contributed by atoms with Gasteiger partial charge in [0.05, 0.1) is 12.2 Å². The number of nitrogen functional groups attached to an aromatic ring is 1. The molecule has 0 heterocycles. The van der Waals surface area contributed by atoms with E-state index >= 15 is 0 Å². The molecular formula is C21H29N3O. The minimum absolute atomic E-state index is 0.0156. The number of nitrogens with zero attached hydrogens (tertiary/aromatic N) is 2. The number of hydrogen-bond donors (Lipinski definition) is 2. The van der Waals surface area contributed by atoms with Crippen LogP contribution in [0.4, 0.5) is 11.4 Å². The summed E-state index contributed by atoms with van der Waals surface area (Å²) < 4.78 is 0. The molecule has 0 fully saturated rings. The third kappa shape index (κ3) is 5.31. The maximum absolute atomic E-state index is 10.2. The van der Waals surface area contributed by atoms with Gasteiger partial charge in [0.15, 0.2) is 0 Å². The van der Waals surface area contributed by atoms with E-state index in [4.69, 9.17) is 5.73 Å². The Morgan fingerprint density at radius 2 is 1.68 bits per heavy atom. The third-order valence-corrected chi connectivity index (χ3v) is 4.19. The normalized spacial score (nSPS) is 12.7. The second kappa shape index (κ2) is 7.26. The fourth-order valence-electron chi connectivity index (χ4n) is 3.33. The number of anilines is 1. The quantitative estimate of drug-likeness (QED) is 0.520. The van der Waals surface area contributed by atoms with Gasteiger partial charge < -0.3 is 10.8 Å². The number of phenols is 1. The molecule has 4 heteroatoms. The summed E-state index contributed by atoms with van der Waals surface area (Å²) in [6, 6.07) is 13.1. The van der Waals surface area contributed by atoms with Crippen LogP contribution in [0.3, 0.4) is 0 Å². The van der Waals surface area contributed by atoms with Crippen molar-refractivity contribution in [3.63, 3.8) is 0 Å². The van der Waals surface area contributed by atoms with Crippen LogP contribution in [-0.4, -0.2) is 5.11 Å². The Morgan fingerprint density at radius 1 is 1.00 bits per heavy atom. The average molecular weight is 339 g/mol.